The molecule has 10 heteroatoms. The van der Waals surface area contributed by atoms with E-state index >= 15 is 0 Å². The predicted molar refractivity (Wildman–Crippen MR) is 156 cm³/mol. The minimum atomic E-state index is -3.59. The minimum absolute atomic E-state index is 0.106. The van der Waals surface area contributed by atoms with Crippen LogP contribution >= 0.6 is 23.2 Å². The number of piperidine rings is 1. The number of sulfonamides is 1. The Hall–Kier alpha value is -2.13. The largest absolute Gasteiger partial charge is 0.481 e. The molecule has 0 radical (unpaired) electrons. The molecule has 1 amide bonds. The Balaban J connectivity index is 2.25. The summed E-state index contributed by atoms with van der Waals surface area (Å²) in [5.74, 6) is -1.66. The third kappa shape index (κ3) is 6.79. The molecular formula is C29H38Cl2N2O5S. The summed E-state index contributed by atoms with van der Waals surface area (Å²) >= 11 is 12.6. The number of amides is 1. The van der Waals surface area contributed by atoms with Crippen LogP contribution in [0.3, 0.4) is 0 Å². The number of likely N-dealkylation sites (N-methyl/N-ethyl adjacent to an activating group) is 1. The van der Waals surface area contributed by atoms with Gasteiger partial charge in [-0.1, -0.05) is 68.2 Å². The van der Waals surface area contributed by atoms with Gasteiger partial charge in [-0.15, -0.1) is 0 Å². The molecular weight excluding hydrogens is 559 g/mol. The number of benzene rings is 2. The molecule has 0 aliphatic carbocycles. The van der Waals surface area contributed by atoms with Gasteiger partial charge >= 0.3 is 5.97 Å². The van der Waals surface area contributed by atoms with Crippen LogP contribution in [0.1, 0.15) is 77.0 Å². The summed E-state index contributed by atoms with van der Waals surface area (Å²) in [5, 5.41) is 10.3. The Morgan fingerprint density at radius 2 is 1.74 bits per heavy atom. The fourth-order valence-electron chi connectivity index (χ4n) is 5.64. The van der Waals surface area contributed by atoms with E-state index in [1.54, 1.807) is 50.8 Å². The summed E-state index contributed by atoms with van der Waals surface area (Å²) in [6.45, 7) is 9.04. The molecule has 2 aromatic carbocycles. The number of nitrogens with zero attached hydrogens (tertiary/aromatic N) is 2. The molecule has 214 valence electrons. The van der Waals surface area contributed by atoms with Crippen LogP contribution in [-0.2, 0) is 19.6 Å². The maximum absolute atomic E-state index is 14.4. The average molecular weight is 598 g/mol. The van der Waals surface area contributed by atoms with Crippen molar-refractivity contribution in [2.45, 2.75) is 77.1 Å². The van der Waals surface area contributed by atoms with Crippen molar-refractivity contribution in [3.63, 3.8) is 0 Å². The lowest BCUT2D eigenvalue weighted by atomic mass is 9.67. The quantitative estimate of drug-likeness (QED) is 0.325. The standard InChI is InChI=1S/C29H38Cl2N2O5S/c1-6-24(18-32(7-2)39(37,38)19(3)4)33-27(20-11-13-22(30)14-12-20)25(21-9-8-10-23(31)15-21)16-29(5,28(33)36)17-26(34)35/h8-15,19,24-25,27H,6-7,16-18H2,1-5H3,(H,34,35)/t24?,25?,27-,29-/m1/s1. The van der Waals surface area contributed by atoms with Crippen molar-refractivity contribution in [2.24, 2.45) is 5.41 Å². The number of carboxylic acid groups (broad SMARTS) is 1. The molecule has 1 aliphatic rings. The number of hydrogen-bond acceptors (Lipinski definition) is 4. The summed E-state index contributed by atoms with van der Waals surface area (Å²) in [7, 11) is -3.59. The number of carboxylic acids is 1. The molecule has 2 unspecified atom stereocenters. The zero-order valence-corrected chi connectivity index (χ0v) is 25.4. The lowest BCUT2D eigenvalue weighted by Crippen LogP contribution is -2.58. The van der Waals surface area contributed by atoms with Gasteiger partial charge in [0.25, 0.3) is 0 Å². The van der Waals surface area contributed by atoms with Crippen molar-refractivity contribution in [1.29, 1.82) is 0 Å². The molecule has 4 atom stereocenters. The fraction of sp³-hybridized carbons (Fsp3) is 0.517. The first-order valence-corrected chi connectivity index (χ1v) is 15.6. The van der Waals surface area contributed by atoms with Crippen molar-refractivity contribution in [3.05, 3.63) is 69.7 Å². The topological polar surface area (TPSA) is 95.0 Å². The molecule has 2 aromatic rings. The number of carbonyl (C=O) groups is 2. The van der Waals surface area contributed by atoms with Crippen molar-refractivity contribution in [2.75, 3.05) is 13.1 Å². The number of rotatable bonds is 11. The Labute approximate surface area is 242 Å². The van der Waals surface area contributed by atoms with E-state index in [4.69, 9.17) is 23.2 Å². The highest BCUT2D eigenvalue weighted by atomic mass is 35.5. The SMILES string of the molecule is CCC(CN(CC)S(=O)(=O)C(C)C)N1C(=O)[C@@](C)(CC(=O)O)CC(c2cccc(Cl)c2)[C@H]1c1ccc(Cl)cc1. The number of carbonyl (C=O) groups excluding carboxylic acids is 1. The van der Waals surface area contributed by atoms with Gasteiger partial charge in [0.05, 0.1) is 23.1 Å². The minimum Gasteiger partial charge on any atom is -0.481 e. The van der Waals surface area contributed by atoms with Gasteiger partial charge in [-0.25, -0.2) is 8.42 Å². The van der Waals surface area contributed by atoms with Gasteiger partial charge in [0.15, 0.2) is 0 Å². The number of likely N-dealkylation sites (tertiary alicyclic amines) is 1. The molecule has 1 heterocycles. The second-order valence-electron chi connectivity index (χ2n) is 10.8. The smallest absolute Gasteiger partial charge is 0.304 e. The molecule has 0 saturated carbocycles. The Morgan fingerprint density at radius 1 is 1.10 bits per heavy atom. The van der Waals surface area contributed by atoms with Crippen LogP contribution in [0.4, 0.5) is 0 Å². The van der Waals surface area contributed by atoms with E-state index in [2.05, 4.69) is 0 Å². The Bertz CT molecular complexity index is 1280. The Kier molecular flexibility index (Phi) is 10.1. The van der Waals surface area contributed by atoms with Crippen molar-refractivity contribution in [1.82, 2.24) is 9.21 Å². The molecule has 39 heavy (non-hydrogen) atoms. The van der Waals surface area contributed by atoms with Crippen LogP contribution in [0.5, 0.6) is 0 Å². The number of halogens is 2. The van der Waals surface area contributed by atoms with Crippen LogP contribution in [0.15, 0.2) is 48.5 Å². The zero-order chi connectivity index (χ0) is 29.1. The van der Waals surface area contributed by atoms with Crippen LogP contribution in [0.25, 0.3) is 0 Å². The molecule has 7 nitrogen and oxygen atoms in total. The van der Waals surface area contributed by atoms with E-state index in [0.29, 0.717) is 22.9 Å². The summed E-state index contributed by atoms with van der Waals surface area (Å²) in [6, 6.07) is 13.7. The lowest BCUT2D eigenvalue weighted by Gasteiger charge is -2.52. The van der Waals surface area contributed by atoms with Crippen molar-refractivity contribution in [3.8, 4) is 0 Å². The van der Waals surface area contributed by atoms with Gasteiger partial charge in [-0.05, 0) is 62.1 Å². The first-order valence-electron chi connectivity index (χ1n) is 13.3. The first-order chi connectivity index (χ1) is 18.2. The van der Waals surface area contributed by atoms with Gasteiger partial charge in [0, 0.05) is 35.1 Å². The second kappa shape index (κ2) is 12.6. The molecule has 1 aliphatic heterocycles. The molecule has 1 N–H and O–H groups in total. The van der Waals surface area contributed by atoms with E-state index in [1.165, 1.54) is 4.31 Å². The summed E-state index contributed by atoms with van der Waals surface area (Å²) < 4.78 is 27.8. The fourth-order valence-corrected chi connectivity index (χ4v) is 7.30. The lowest BCUT2D eigenvalue weighted by molar-refractivity contribution is -0.160. The van der Waals surface area contributed by atoms with E-state index in [1.807, 2.05) is 37.3 Å². The normalized spacial score (nSPS) is 22.9. The highest BCUT2D eigenvalue weighted by Gasteiger charge is 2.52. The molecule has 0 aromatic heterocycles. The third-order valence-corrected chi connectivity index (χ3v) is 10.5. The molecule has 0 bridgehead atoms. The van der Waals surface area contributed by atoms with Crippen LogP contribution in [0.2, 0.25) is 10.0 Å². The van der Waals surface area contributed by atoms with Gasteiger partial charge in [0.1, 0.15) is 0 Å². The van der Waals surface area contributed by atoms with E-state index in [9.17, 15) is 23.1 Å². The molecule has 1 fully saturated rings. The monoisotopic (exact) mass is 596 g/mol. The average Bonchev–Trinajstić information content (AvgIpc) is 2.86. The Morgan fingerprint density at radius 3 is 2.26 bits per heavy atom. The third-order valence-electron chi connectivity index (χ3n) is 7.72. The maximum Gasteiger partial charge on any atom is 0.304 e. The zero-order valence-electron chi connectivity index (χ0n) is 23.1. The highest BCUT2D eigenvalue weighted by Crippen LogP contribution is 2.52. The van der Waals surface area contributed by atoms with Crippen molar-refractivity contribution >= 4 is 45.1 Å². The van der Waals surface area contributed by atoms with Crippen LogP contribution in [-0.4, -0.2) is 59.0 Å². The second-order valence-corrected chi connectivity index (χ2v) is 14.2. The molecule has 3 rings (SSSR count). The van der Waals surface area contributed by atoms with Gasteiger partial charge in [0.2, 0.25) is 15.9 Å². The number of hydrogen-bond donors (Lipinski definition) is 1. The van der Waals surface area contributed by atoms with Gasteiger partial charge < -0.3 is 10.0 Å². The van der Waals surface area contributed by atoms with E-state index < -0.39 is 38.7 Å². The predicted octanol–water partition coefficient (Wildman–Crippen LogP) is 6.37. The van der Waals surface area contributed by atoms with E-state index in [0.717, 1.165) is 11.1 Å². The molecule has 1 saturated heterocycles. The maximum atomic E-state index is 14.4. The summed E-state index contributed by atoms with van der Waals surface area (Å²) in [4.78, 5) is 28.1. The van der Waals surface area contributed by atoms with Gasteiger partial charge in [-0.3, -0.25) is 9.59 Å². The summed E-state index contributed by atoms with van der Waals surface area (Å²) in [6.07, 6.45) is 0.427. The van der Waals surface area contributed by atoms with E-state index in [-0.39, 0.29) is 31.3 Å². The van der Waals surface area contributed by atoms with Gasteiger partial charge in [-0.2, -0.15) is 4.31 Å². The number of aliphatic carboxylic acids is 1. The van der Waals surface area contributed by atoms with Crippen LogP contribution in [0, 0.1) is 5.41 Å². The van der Waals surface area contributed by atoms with Crippen molar-refractivity contribution < 1.29 is 23.1 Å². The summed E-state index contributed by atoms with van der Waals surface area (Å²) in [5.41, 5.74) is 0.514. The molecule has 0 spiro atoms. The van der Waals surface area contributed by atoms with Crippen LogP contribution < -0.4 is 0 Å². The first kappa shape index (κ1) is 31.4. The highest BCUT2D eigenvalue weighted by molar-refractivity contribution is 7.89.